The fourth-order valence-electron chi connectivity index (χ4n) is 9.79. The summed E-state index contributed by atoms with van der Waals surface area (Å²) in [4.78, 5) is 26.8. The third-order valence-electron chi connectivity index (χ3n) is 13.6. The molecule has 0 saturated carbocycles. The Balaban J connectivity index is 0.757. The molecule has 2 amide bonds. The molecule has 0 bridgehead atoms. The predicted molar refractivity (Wildman–Crippen MR) is 267 cm³/mol. The van der Waals surface area contributed by atoms with E-state index < -0.39 is 0 Å². The Morgan fingerprint density at radius 1 is 0.719 bits per heavy atom. The van der Waals surface area contributed by atoms with Crippen LogP contribution < -0.4 is 20.5 Å². The van der Waals surface area contributed by atoms with Crippen LogP contribution in [-0.2, 0) is 24.9 Å². The van der Waals surface area contributed by atoms with Crippen molar-refractivity contribution in [1.29, 1.82) is 0 Å². The first-order valence-corrected chi connectivity index (χ1v) is 24.7. The number of aromatic nitrogens is 3. The summed E-state index contributed by atoms with van der Waals surface area (Å²) in [7, 11) is 7.68. The molecule has 64 heavy (non-hydrogen) atoms. The molecule has 0 unspecified atom stereocenters. The molecular weight excluding hydrogens is 829 g/mol. The minimum Gasteiger partial charge on any atom is -0.351 e. The minimum atomic E-state index is -0.284. The molecule has 8 nitrogen and oxygen atoms in total. The van der Waals surface area contributed by atoms with Crippen LogP contribution in [0.2, 0.25) is 0 Å². The molecule has 0 aliphatic carbocycles. The van der Waals surface area contributed by atoms with Crippen molar-refractivity contribution in [3.8, 4) is 16.8 Å². The molecule has 0 atom stereocenters. The monoisotopic (exact) mass is 886 g/mol. The first-order valence-electron chi connectivity index (χ1n) is 22.2. The number of allylic oxidation sites excluding steroid dienone is 3. The number of pyridine rings is 1. The number of hydrogen-bond acceptors (Lipinski definition) is 4. The van der Waals surface area contributed by atoms with Crippen LogP contribution in [-0.4, -0.2) is 45.5 Å². The van der Waals surface area contributed by atoms with E-state index in [-0.39, 0.29) is 22.6 Å². The van der Waals surface area contributed by atoms with Crippen LogP contribution in [0.25, 0.3) is 44.2 Å². The van der Waals surface area contributed by atoms with Gasteiger partial charge in [0.15, 0.2) is 11.9 Å². The molecular formula is C54H58N6O2S2+2. The van der Waals surface area contributed by atoms with Crippen LogP contribution in [0, 0.1) is 13.8 Å². The second-order valence-corrected chi connectivity index (χ2v) is 21.0. The van der Waals surface area contributed by atoms with Gasteiger partial charge in [-0.3, -0.25) is 14.9 Å². The number of nitrogens with zero attached hydrogens (tertiary/aromatic N) is 3. The van der Waals surface area contributed by atoms with Crippen molar-refractivity contribution >= 4 is 66.5 Å². The highest BCUT2D eigenvalue weighted by atomic mass is 33.1. The number of carbonyl (C=O) groups is 2. The zero-order valence-electron chi connectivity index (χ0n) is 38.1. The van der Waals surface area contributed by atoms with Gasteiger partial charge in [0.05, 0.1) is 11.6 Å². The number of quaternary nitrogens is 1. The van der Waals surface area contributed by atoms with Gasteiger partial charge >= 0.3 is 0 Å². The molecule has 3 aromatic heterocycles. The van der Waals surface area contributed by atoms with Gasteiger partial charge in [-0.25, -0.2) is 0 Å². The van der Waals surface area contributed by atoms with Crippen LogP contribution >= 0.6 is 21.6 Å². The summed E-state index contributed by atoms with van der Waals surface area (Å²) < 4.78 is 6.81. The van der Waals surface area contributed by atoms with Gasteiger partial charge in [-0.15, -0.1) is 0 Å². The van der Waals surface area contributed by atoms with Crippen molar-refractivity contribution < 1.29 is 19.5 Å². The van der Waals surface area contributed by atoms with Crippen molar-refractivity contribution in [2.45, 2.75) is 58.8 Å². The number of aryl methyl sites for hydroxylation is 2. The zero-order chi connectivity index (χ0) is 44.9. The van der Waals surface area contributed by atoms with E-state index in [9.17, 15) is 9.59 Å². The summed E-state index contributed by atoms with van der Waals surface area (Å²) in [5.41, 5.74) is 16.6. The van der Waals surface area contributed by atoms with Gasteiger partial charge in [-0.2, -0.15) is 4.57 Å². The molecule has 0 spiro atoms. The van der Waals surface area contributed by atoms with Gasteiger partial charge in [-0.1, -0.05) is 77.9 Å². The minimum absolute atomic E-state index is 0.0612. The lowest BCUT2D eigenvalue weighted by molar-refractivity contribution is -0.599. The first kappa shape index (κ1) is 43.4. The van der Waals surface area contributed by atoms with Crippen LogP contribution in [0.15, 0.2) is 122 Å². The molecule has 2 aliphatic heterocycles. The summed E-state index contributed by atoms with van der Waals surface area (Å²) >= 11 is 0. The van der Waals surface area contributed by atoms with Crippen molar-refractivity contribution in [1.82, 2.24) is 19.8 Å². The number of nitrogens with two attached hydrogens (primary N) is 1. The average Bonchev–Trinajstić information content (AvgIpc) is 3.82. The maximum absolute atomic E-state index is 13.4. The predicted octanol–water partition coefficient (Wildman–Crippen LogP) is 9.88. The number of carbonyl (C=O) groups excluding carboxylic acids is 2. The SMILES string of the molecule is Cc1c(C2=C/CC(C)(C)c3cc(C(=O)NCCSSCCNC(=O)c4ccc5c(c4)C(C)(C)c4cc(-c6c(C)n(C)c7ccccc67)cc[n+]4-5)ccc3[NH2+]/C=C\2)c2ccccc2n1C. The maximum Gasteiger partial charge on any atom is 0.251 e. The number of amides is 2. The Labute approximate surface area is 384 Å². The van der Waals surface area contributed by atoms with Gasteiger partial charge in [0, 0.05) is 130 Å². The lowest BCUT2D eigenvalue weighted by Gasteiger charge is -2.25. The molecule has 0 fully saturated rings. The standard InChI is InChI=1S/C54H56N6O2S2/c1-34-49(40-13-9-11-15-45(40)58(34)7)36-21-24-53(3,4)42-31-38(17-19-44(42)55-25-22-36)51(61)56-26-29-63-64-30-27-57-52(62)39-18-20-47-43(32-39)54(5,6)48-33-37(23-28-60(47)48)50-35(2)59(8)46-16-12-10-14-41(46)50/h9-23,25,28,31-33H,24,26-27,29-30H2,1-8H3,(H2-,55,56,57,61,62)/p+2/b25-22-,36-21+. The summed E-state index contributed by atoms with van der Waals surface area (Å²) in [5.74, 6) is 1.40. The van der Waals surface area contributed by atoms with Gasteiger partial charge in [0.2, 0.25) is 5.69 Å². The Kier molecular flexibility index (Phi) is 11.7. The van der Waals surface area contributed by atoms with Gasteiger partial charge in [0.1, 0.15) is 5.69 Å². The van der Waals surface area contributed by atoms with Crippen molar-refractivity contribution in [3.63, 3.8) is 0 Å². The summed E-state index contributed by atoms with van der Waals surface area (Å²) in [6.07, 6.45) is 9.73. The van der Waals surface area contributed by atoms with E-state index in [1.165, 1.54) is 61.2 Å². The van der Waals surface area contributed by atoms with E-state index in [4.69, 9.17) is 0 Å². The molecule has 2 aliphatic rings. The van der Waals surface area contributed by atoms with Crippen molar-refractivity contribution in [2.24, 2.45) is 14.1 Å². The van der Waals surface area contributed by atoms with E-state index in [0.717, 1.165) is 40.4 Å². The van der Waals surface area contributed by atoms with Crippen molar-refractivity contribution in [2.75, 3.05) is 24.6 Å². The topological polar surface area (TPSA) is 88.6 Å². The van der Waals surface area contributed by atoms with E-state index in [1.54, 1.807) is 21.6 Å². The molecule has 0 radical (unpaired) electrons. The van der Waals surface area contributed by atoms with E-state index >= 15 is 0 Å². The number of hydrogen-bond donors (Lipinski definition) is 3. The highest BCUT2D eigenvalue weighted by Crippen LogP contribution is 2.42. The lowest BCUT2D eigenvalue weighted by Crippen LogP contribution is -2.71. The van der Waals surface area contributed by atoms with E-state index in [0.29, 0.717) is 24.2 Å². The highest BCUT2D eigenvalue weighted by molar-refractivity contribution is 8.76. The third kappa shape index (κ3) is 7.79. The molecule has 4 N–H and O–H groups in total. The average molecular weight is 887 g/mol. The molecule has 326 valence electrons. The third-order valence-corrected chi connectivity index (χ3v) is 16.0. The Morgan fingerprint density at radius 3 is 1.95 bits per heavy atom. The summed E-state index contributed by atoms with van der Waals surface area (Å²) in [5, 5.41) is 10.9. The highest BCUT2D eigenvalue weighted by Gasteiger charge is 2.44. The maximum atomic E-state index is 13.4. The van der Waals surface area contributed by atoms with Crippen LogP contribution in [0.3, 0.4) is 0 Å². The molecule has 10 heteroatoms. The summed E-state index contributed by atoms with van der Waals surface area (Å²) in [6, 6.07) is 33.9. The van der Waals surface area contributed by atoms with E-state index in [1.807, 2.05) is 12.1 Å². The molecule has 0 saturated heterocycles. The summed E-state index contributed by atoms with van der Waals surface area (Å²) in [6.45, 7) is 14.5. The van der Waals surface area contributed by atoms with Gasteiger partial charge < -0.3 is 19.8 Å². The van der Waals surface area contributed by atoms with E-state index in [2.05, 4.69) is 195 Å². The fourth-order valence-corrected chi connectivity index (χ4v) is 11.6. The number of nitrogens with one attached hydrogen (secondary N) is 2. The van der Waals surface area contributed by atoms with Gasteiger partial charge in [0.25, 0.3) is 11.8 Å². The van der Waals surface area contributed by atoms with Crippen LogP contribution in [0.1, 0.15) is 88.6 Å². The largest absolute Gasteiger partial charge is 0.351 e. The van der Waals surface area contributed by atoms with Crippen molar-refractivity contribution in [3.05, 3.63) is 167 Å². The molecule has 5 heterocycles. The van der Waals surface area contributed by atoms with Crippen LogP contribution in [0.4, 0.5) is 5.69 Å². The quantitative estimate of drug-likeness (QED) is 0.0523. The number of fused-ring (bicyclic) bond motifs is 6. The molecule has 7 aromatic rings. The smallest absolute Gasteiger partial charge is 0.251 e. The lowest BCUT2D eigenvalue weighted by atomic mass is 9.79. The first-order chi connectivity index (χ1) is 30.8. The molecule has 9 rings (SSSR count). The Bertz CT molecular complexity index is 3060. The second-order valence-electron chi connectivity index (χ2n) is 18.3. The Hall–Kier alpha value is -5.81. The normalized spacial score (nSPS) is 16.2. The number of rotatable bonds is 11. The molecule has 4 aromatic carbocycles. The van der Waals surface area contributed by atoms with Crippen LogP contribution in [0.5, 0.6) is 0 Å². The number of benzene rings is 4. The van der Waals surface area contributed by atoms with Gasteiger partial charge in [-0.05, 0) is 93.1 Å². The number of para-hydroxylation sites is 2. The fraction of sp³-hybridized carbons (Fsp3) is 0.278. The zero-order valence-corrected chi connectivity index (χ0v) is 39.8. The Morgan fingerprint density at radius 2 is 1.30 bits per heavy atom. The second kappa shape index (κ2) is 17.3.